The van der Waals surface area contributed by atoms with Crippen molar-refractivity contribution >= 4 is 27.8 Å². The second-order valence-electron chi connectivity index (χ2n) is 3.60. The fraction of sp³-hybridized carbons (Fsp3) is 0. The number of carbonyl (C=O) groups excluding carboxylic acids is 1. The Morgan fingerprint density at radius 2 is 1.41 bits per heavy atom. The Kier molecular flexibility index (Phi) is 3.89. The molecule has 17 heavy (non-hydrogen) atoms. The summed E-state index contributed by atoms with van der Waals surface area (Å²) in [6.45, 7) is 0. The van der Waals surface area contributed by atoms with Gasteiger partial charge in [-0.15, -0.1) is 0 Å². The summed E-state index contributed by atoms with van der Waals surface area (Å²) in [4.78, 5) is 12.0. The van der Waals surface area contributed by atoms with Gasteiger partial charge in [-0.3, -0.25) is 4.79 Å². The number of allylic oxidation sites excluding steroid dienone is 1. The molecule has 0 aliphatic carbocycles. The van der Waals surface area contributed by atoms with E-state index in [1.807, 2.05) is 66.7 Å². The molecule has 0 unspecified atom stereocenters. The summed E-state index contributed by atoms with van der Waals surface area (Å²) in [5.41, 5.74) is 1.69. The molecule has 0 heterocycles. The Morgan fingerprint density at radius 1 is 0.882 bits per heavy atom. The predicted octanol–water partition coefficient (Wildman–Crippen LogP) is 4.31. The van der Waals surface area contributed by atoms with Crippen molar-refractivity contribution in [1.82, 2.24) is 0 Å². The summed E-state index contributed by atoms with van der Waals surface area (Å²) in [5, 5.41) is 0. The van der Waals surface area contributed by atoms with E-state index in [2.05, 4.69) is 15.9 Å². The number of rotatable bonds is 3. The first-order chi connectivity index (χ1) is 8.27. The maximum atomic E-state index is 12.0. The fourth-order valence-electron chi connectivity index (χ4n) is 1.49. The minimum absolute atomic E-state index is 0.00514. The summed E-state index contributed by atoms with van der Waals surface area (Å²) >= 11 is 3.33. The molecule has 2 heteroatoms. The van der Waals surface area contributed by atoms with Gasteiger partial charge in [0.2, 0.25) is 0 Å². The van der Waals surface area contributed by atoms with Gasteiger partial charge in [-0.1, -0.05) is 60.7 Å². The minimum Gasteiger partial charge on any atom is -0.288 e. The topological polar surface area (TPSA) is 17.1 Å². The molecule has 0 spiro atoms. The molecule has 0 aliphatic heterocycles. The molecule has 0 amide bonds. The average molecular weight is 287 g/mol. The van der Waals surface area contributed by atoms with Gasteiger partial charge in [-0.05, 0) is 27.6 Å². The molecule has 2 rings (SSSR count). The van der Waals surface area contributed by atoms with Gasteiger partial charge in [-0.2, -0.15) is 0 Å². The van der Waals surface area contributed by atoms with Crippen molar-refractivity contribution < 1.29 is 4.79 Å². The molecule has 0 aromatic heterocycles. The summed E-state index contributed by atoms with van der Waals surface area (Å²) in [6, 6.07) is 19.0. The van der Waals surface area contributed by atoms with Gasteiger partial charge in [0.15, 0.2) is 5.78 Å². The van der Waals surface area contributed by atoms with E-state index in [-0.39, 0.29) is 5.78 Å². The van der Waals surface area contributed by atoms with Crippen LogP contribution in [-0.2, 0) is 0 Å². The van der Waals surface area contributed by atoms with Crippen LogP contribution in [0.15, 0.2) is 65.1 Å². The normalized spacial score (nSPS) is 11.2. The Hall–Kier alpha value is -1.67. The summed E-state index contributed by atoms with van der Waals surface area (Å²) in [7, 11) is 0. The maximum Gasteiger partial charge on any atom is 0.199 e. The fourth-order valence-corrected chi connectivity index (χ4v) is 1.98. The van der Waals surface area contributed by atoms with E-state index in [1.54, 1.807) is 0 Å². The zero-order valence-electron chi connectivity index (χ0n) is 9.14. The lowest BCUT2D eigenvalue weighted by Gasteiger charge is -1.99. The molecule has 2 aromatic carbocycles. The van der Waals surface area contributed by atoms with Gasteiger partial charge < -0.3 is 0 Å². The maximum absolute atomic E-state index is 12.0. The minimum atomic E-state index is -0.00514. The van der Waals surface area contributed by atoms with Crippen molar-refractivity contribution in [2.45, 2.75) is 0 Å². The zero-order valence-corrected chi connectivity index (χ0v) is 10.7. The van der Waals surface area contributed by atoms with Crippen molar-refractivity contribution in [2.24, 2.45) is 0 Å². The SMILES string of the molecule is O=C(/C(Br)=C\c1ccccc1)c1ccccc1. The third-order valence-corrected chi connectivity index (χ3v) is 2.93. The second-order valence-corrected chi connectivity index (χ2v) is 4.45. The van der Waals surface area contributed by atoms with Crippen LogP contribution < -0.4 is 0 Å². The number of carbonyl (C=O) groups is 1. The van der Waals surface area contributed by atoms with Gasteiger partial charge >= 0.3 is 0 Å². The van der Waals surface area contributed by atoms with E-state index < -0.39 is 0 Å². The largest absolute Gasteiger partial charge is 0.288 e. The number of ketones is 1. The van der Waals surface area contributed by atoms with Gasteiger partial charge in [0, 0.05) is 5.56 Å². The van der Waals surface area contributed by atoms with Crippen molar-refractivity contribution in [2.75, 3.05) is 0 Å². The molecule has 0 bridgehead atoms. The van der Waals surface area contributed by atoms with Crippen LogP contribution in [0.2, 0.25) is 0 Å². The first kappa shape index (κ1) is 11.8. The van der Waals surface area contributed by atoms with Crippen LogP contribution in [0.3, 0.4) is 0 Å². The van der Waals surface area contributed by atoms with Crippen molar-refractivity contribution in [3.05, 3.63) is 76.3 Å². The number of benzene rings is 2. The van der Waals surface area contributed by atoms with Crippen LogP contribution in [0, 0.1) is 0 Å². The van der Waals surface area contributed by atoms with Crippen LogP contribution in [0.4, 0.5) is 0 Å². The smallest absolute Gasteiger partial charge is 0.199 e. The quantitative estimate of drug-likeness (QED) is 0.607. The monoisotopic (exact) mass is 286 g/mol. The Bertz CT molecular complexity index is 529. The first-order valence-corrected chi connectivity index (χ1v) is 6.08. The molecule has 1 nitrogen and oxygen atoms in total. The highest BCUT2D eigenvalue weighted by molar-refractivity contribution is 9.12. The average Bonchev–Trinajstić information content (AvgIpc) is 2.40. The lowest BCUT2D eigenvalue weighted by Crippen LogP contribution is -1.97. The van der Waals surface area contributed by atoms with E-state index in [4.69, 9.17) is 0 Å². The van der Waals surface area contributed by atoms with E-state index in [0.717, 1.165) is 5.56 Å². The molecule has 0 atom stereocenters. The Morgan fingerprint density at radius 3 is 2.00 bits per heavy atom. The third-order valence-electron chi connectivity index (χ3n) is 2.35. The van der Waals surface area contributed by atoms with Crippen molar-refractivity contribution in [1.29, 1.82) is 0 Å². The molecule has 84 valence electrons. The molecule has 0 radical (unpaired) electrons. The van der Waals surface area contributed by atoms with Crippen molar-refractivity contribution in [3.63, 3.8) is 0 Å². The molecular formula is C15H11BrO. The highest BCUT2D eigenvalue weighted by Crippen LogP contribution is 2.17. The Labute approximate surface area is 109 Å². The van der Waals surface area contributed by atoms with E-state index in [9.17, 15) is 4.79 Å². The van der Waals surface area contributed by atoms with Crippen LogP contribution >= 0.6 is 15.9 Å². The third kappa shape index (κ3) is 3.14. The van der Waals surface area contributed by atoms with E-state index >= 15 is 0 Å². The van der Waals surface area contributed by atoms with Crippen LogP contribution in [-0.4, -0.2) is 5.78 Å². The highest BCUT2D eigenvalue weighted by Gasteiger charge is 2.08. The van der Waals surface area contributed by atoms with Crippen molar-refractivity contribution in [3.8, 4) is 0 Å². The summed E-state index contributed by atoms with van der Waals surface area (Å²) < 4.78 is 0.565. The summed E-state index contributed by atoms with van der Waals surface area (Å²) in [5.74, 6) is -0.00514. The molecule has 2 aromatic rings. The molecular weight excluding hydrogens is 276 g/mol. The number of hydrogen-bond acceptors (Lipinski definition) is 1. The lowest BCUT2D eigenvalue weighted by atomic mass is 10.1. The highest BCUT2D eigenvalue weighted by atomic mass is 79.9. The number of Topliss-reactive ketones (excluding diaryl/α,β-unsaturated/α-hetero) is 1. The number of hydrogen-bond donors (Lipinski definition) is 0. The molecule has 0 aliphatic rings. The van der Waals surface area contributed by atoms with Crippen LogP contribution in [0.1, 0.15) is 15.9 Å². The predicted molar refractivity (Wildman–Crippen MR) is 74.1 cm³/mol. The molecule has 0 saturated heterocycles. The molecule has 0 N–H and O–H groups in total. The summed E-state index contributed by atoms with van der Waals surface area (Å²) in [6.07, 6.45) is 1.83. The standard InChI is InChI=1S/C15H11BrO/c16-14(11-12-7-3-1-4-8-12)15(17)13-9-5-2-6-10-13/h1-11H/b14-11+. The van der Waals surface area contributed by atoms with E-state index in [0.29, 0.717) is 10.0 Å². The van der Waals surface area contributed by atoms with Gasteiger partial charge in [0.1, 0.15) is 0 Å². The van der Waals surface area contributed by atoms with E-state index in [1.165, 1.54) is 0 Å². The van der Waals surface area contributed by atoms with Gasteiger partial charge in [0.05, 0.1) is 4.48 Å². The van der Waals surface area contributed by atoms with Crippen LogP contribution in [0.25, 0.3) is 6.08 Å². The lowest BCUT2D eigenvalue weighted by molar-refractivity contribution is 0.104. The Balaban J connectivity index is 2.24. The number of halogens is 1. The second kappa shape index (κ2) is 5.60. The zero-order chi connectivity index (χ0) is 12.1. The van der Waals surface area contributed by atoms with Crippen LogP contribution in [0.5, 0.6) is 0 Å². The first-order valence-electron chi connectivity index (χ1n) is 5.29. The van der Waals surface area contributed by atoms with Gasteiger partial charge in [0.25, 0.3) is 0 Å². The molecule has 0 fully saturated rings. The van der Waals surface area contributed by atoms with Gasteiger partial charge in [-0.25, -0.2) is 0 Å². The molecule has 0 saturated carbocycles.